The Bertz CT molecular complexity index is 1100. The van der Waals surface area contributed by atoms with E-state index >= 15 is 0 Å². The minimum atomic E-state index is -0.442. The number of rotatable bonds is 6. The quantitative estimate of drug-likeness (QED) is 0.528. The second kappa shape index (κ2) is 8.61. The minimum Gasteiger partial charge on any atom is -0.267 e. The van der Waals surface area contributed by atoms with Crippen LogP contribution in [0, 0.1) is 13.8 Å². The highest BCUT2D eigenvalue weighted by molar-refractivity contribution is 6.05. The molecule has 0 aliphatic carbocycles. The predicted molar refractivity (Wildman–Crippen MR) is 112 cm³/mol. The molecule has 0 aliphatic rings. The zero-order valence-electron chi connectivity index (χ0n) is 16.4. The fraction of sp³-hybridized carbons (Fsp3) is 0.273. The van der Waals surface area contributed by atoms with Gasteiger partial charge in [0.2, 0.25) is 0 Å². The molecule has 0 aliphatic heterocycles. The van der Waals surface area contributed by atoms with E-state index in [0.29, 0.717) is 17.3 Å². The second-order valence-corrected chi connectivity index (χ2v) is 6.84. The normalized spacial score (nSPS) is 11.2. The van der Waals surface area contributed by atoms with Crippen LogP contribution in [0.2, 0.25) is 0 Å². The number of aryl methyl sites for hydroxylation is 3. The lowest BCUT2D eigenvalue weighted by Crippen LogP contribution is -2.29. The highest BCUT2D eigenvalue weighted by Crippen LogP contribution is 2.13. The van der Waals surface area contributed by atoms with Crippen molar-refractivity contribution in [3.05, 3.63) is 75.2 Å². The summed E-state index contributed by atoms with van der Waals surface area (Å²) in [6.07, 6.45) is 3.37. The Labute approximate surface area is 163 Å². The summed E-state index contributed by atoms with van der Waals surface area (Å²) in [5, 5.41) is 9.41. The molecular formula is C22H24N4O2. The largest absolute Gasteiger partial charge is 0.292 e. The van der Waals surface area contributed by atoms with Crippen LogP contribution in [0.15, 0.2) is 52.4 Å². The summed E-state index contributed by atoms with van der Waals surface area (Å²) in [7, 11) is 0. The number of nitrogens with one attached hydrogen (secondary N) is 1. The number of nitrogens with zero attached hydrogens (tertiary/aromatic N) is 3. The Hall–Kier alpha value is -3.28. The number of aromatic nitrogens is 2. The molecule has 0 saturated carbocycles. The Kier molecular flexibility index (Phi) is 5.99. The van der Waals surface area contributed by atoms with Gasteiger partial charge >= 0.3 is 0 Å². The first-order valence-electron chi connectivity index (χ1n) is 9.41. The molecule has 1 amide bonds. The number of amides is 1. The average molecular weight is 376 g/mol. The van der Waals surface area contributed by atoms with Crippen molar-refractivity contribution in [1.29, 1.82) is 0 Å². The van der Waals surface area contributed by atoms with Crippen LogP contribution < -0.4 is 11.0 Å². The molecule has 144 valence electrons. The Morgan fingerprint density at radius 3 is 2.68 bits per heavy atom. The maximum absolute atomic E-state index is 12.7. The van der Waals surface area contributed by atoms with Gasteiger partial charge in [0.1, 0.15) is 0 Å². The van der Waals surface area contributed by atoms with Gasteiger partial charge in [-0.2, -0.15) is 10.2 Å². The lowest BCUT2D eigenvalue weighted by Gasteiger charge is -2.09. The zero-order chi connectivity index (χ0) is 20.1. The molecule has 6 nitrogen and oxygen atoms in total. The fourth-order valence-corrected chi connectivity index (χ4v) is 2.97. The van der Waals surface area contributed by atoms with Crippen LogP contribution in [-0.2, 0) is 6.54 Å². The van der Waals surface area contributed by atoms with Crippen molar-refractivity contribution in [1.82, 2.24) is 15.2 Å². The van der Waals surface area contributed by atoms with E-state index in [0.717, 1.165) is 29.5 Å². The molecule has 0 unspecified atom stereocenters. The number of hydrazone groups is 1. The van der Waals surface area contributed by atoms with E-state index in [1.54, 1.807) is 30.5 Å². The van der Waals surface area contributed by atoms with E-state index in [9.17, 15) is 9.59 Å². The molecule has 1 aromatic heterocycles. The number of unbranched alkanes of at least 4 members (excludes halogenated alkanes) is 1. The van der Waals surface area contributed by atoms with Crippen molar-refractivity contribution in [3.63, 3.8) is 0 Å². The van der Waals surface area contributed by atoms with Crippen LogP contribution in [0.1, 0.15) is 46.9 Å². The zero-order valence-corrected chi connectivity index (χ0v) is 16.4. The van der Waals surface area contributed by atoms with Crippen molar-refractivity contribution in [2.75, 3.05) is 0 Å². The maximum Gasteiger partial charge on any atom is 0.292 e. The SMILES string of the molecule is CCCCn1nc(C(=O)N/N=C\c2cc(C)ccc2C)c2ccccc2c1=O. The van der Waals surface area contributed by atoms with Crippen molar-refractivity contribution in [2.45, 2.75) is 40.2 Å². The fourth-order valence-electron chi connectivity index (χ4n) is 2.97. The van der Waals surface area contributed by atoms with Gasteiger partial charge in [-0.25, -0.2) is 10.1 Å². The molecule has 3 aromatic rings. The third-order valence-electron chi connectivity index (χ3n) is 4.61. The van der Waals surface area contributed by atoms with Gasteiger partial charge in [0.05, 0.1) is 11.6 Å². The van der Waals surface area contributed by atoms with Crippen LogP contribution in [0.25, 0.3) is 10.8 Å². The number of hydrogen-bond acceptors (Lipinski definition) is 4. The van der Waals surface area contributed by atoms with Crippen LogP contribution >= 0.6 is 0 Å². The van der Waals surface area contributed by atoms with Gasteiger partial charge < -0.3 is 0 Å². The third-order valence-corrected chi connectivity index (χ3v) is 4.61. The molecule has 0 spiro atoms. The van der Waals surface area contributed by atoms with Crippen molar-refractivity contribution >= 4 is 22.9 Å². The van der Waals surface area contributed by atoms with Gasteiger partial charge in [-0.05, 0) is 37.5 Å². The summed E-state index contributed by atoms with van der Waals surface area (Å²) in [6.45, 7) is 6.51. The first kappa shape index (κ1) is 19.5. The molecule has 2 aromatic carbocycles. The summed E-state index contributed by atoms with van der Waals surface area (Å²) >= 11 is 0. The number of carbonyl (C=O) groups is 1. The number of benzene rings is 2. The van der Waals surface area contributed by atoms with Gasteiger partial charge in [-0.1, -0.05) is 55.3 Å². The Morgan fingerprint density at radius 1 is 1.18 bits per heavy atom. The van der Waals surface area contributed by atoms with Gasteiger partial charge in [-0.15, -0.1) is 0 Å². The van der Waals surface area contributed by atoms with Crippen molar-refractivity contribution in [2.24, 2.45) is 5.10 Å². The average Bonchev–Trinajstić information content (AvgIpc) is 2.70. The number of fused-ring (bicyclic) bond motifs is 1. The molecule has 0 atom stereocenters. The smallest absolute Gasteiger partial charge is 0.267 e. The van der Waals surface area contributed by atoms with Crippen molar-refractivity contribution < 1.29 is 4.79 Å². The van der Waals surface area contributed by atoms with Crippen LogP contribution in [0.3, 0.4) is 0 Å². The lowest BCUT2D eigenvalue weighted by molar-refractivity contribution is 0.0949. The van der Waals surface area contributed by atoms with E-state index < -0.39 is 5.91 Å². The minimum absolute atomic E-state index is 0.181. The topological polar surface area (TPSA) is 76.3 Å². The summed E-state index contributed by atoms with van der Waals surface area (Å²) in [5.41, 5.74) is 5.68. The maximum atomic E-state index is 12.7. The summed E-state index contributed by atoms with van der Waals surface area (Å²) in [5.74, 6) is -0.442. The highest BCUT2D eigenvalue weighted by atomic mass is 16.2. The molecule has 0 radical (unpaired) electrons. The van der Waals surface area contributed by atoms with E-state index in [-0.39, 0.29) is 11.3 Å². The molecule has 1 heterocycles. The van der Waals surface area contributed by atoms with E-state index in [1.165, 1.54) is 4.68 Å². The van der Waals surface area contributed by atoms with E-state index in [4.69, 9.17) is 0 Å². The Balaban J connectivity index is 1.92. The molecule has 0 bridgehead atoms. The third kappa shape index (κ3) is 4.17. The monoisotopic (exact) mass is 376 g/mol. The van der Waals surface area contributed by atoms with Gasteiger partial charge in [0.25, 0.3) is 11.5 Å². The number of hydrogen-bond donors (Lipinski definition) is 1. The van der Waals surface area contributed by atoms with Gasteiger partial charge in [-0.3, -0.25) is 9.59 Å². The first-order valence-corrected chi connectivity index (χ1v) is 9.41. The molecule has 0 fully saturated rings. The standard InChI is InChI=1S/C22H24N4O2/c1-4-5-12-26-22(28)19-9-7-6-8-18(19)20(25-26)21(27)24-23-14-17-13-15(2)10-11-16(17)3/h6-11,13-14H,4-5,12H2,1-3H3,(H,24,27)/b23-14-. The highest BCUT2D eigenvalue weighted by Gasteiger charge is 2.16. The van der Waals surface area contributed by atoms with Crippen LogP contribution in [0.5, 0.6) is 0 Å². The second-order valence-electron chi connectivity index (χ2n) is 6.84. The lowest BCUT2D eigenvalue weighted by atomic mass is 10.1. The molecule has 1 N–H and O–H groups in total. The predicted octanol–water partition coefficient (Wildman–Crippen LogP) is 3.58. The van der Waals surface area contributed by atoms with Crippen molar-refractivity contribution in [3.8, 4) is 0 Å². The van der Waals surface area contributed by atoms with E-state index in [2.05, 4.69) is 15.6 Å². The summed E-state index contributed by atoms with van der Waals surface area (Å²) < 4.78 is 1.37. The summed E-state index contributed by atoms with van der Waals surface area (Å²) in [6, 6.07) is 13.1. The molecule has 28 heavy (non-hydrogen) atoms. The van der Waals surface area contributed by atoms with Crippen LogP contribution in [0.4, 0.5) is 0 Å². The summed E-state index contributed by atoms with van der Waals surface area (Å²) in [4.78, 5) is 25.4. The van der Waals surface area contributed by atoms with E-state index in [1.807, 2.05) is 39.0 Å². The first-order chi connectivity index (χ1) is 13.5. The van der Waals surface area contributed by atoms with Gasteiger partial charge in [0.15, 0.2) is 5.69 Å². The Morgan fingerprint density at radius 2 is 1.93 bits per heavy atom. The van der Waals surface area contributed by atoms with Crippen LogP contribution in [-0.4, -0.2) is 21.9 Å². The molecule has 6 heteroatoms. The molecule has 3 rings (SSSR count). The number of carbonyl (C=O) groups excluding carboxylic acids is 1. The molecule has 0 saturated heterocycles. The molecular weight excluding hydrogens is 352 g/mol. The van der Waals surface area contributed by atoms with Gasteiger partial charge in [0, 0.05) is 11.9 Å².